The van der Waals surface area contributed by atoms with E-state index in [2.05, 4.69) is 172 Å². The van der Waals surface area contributed by atoms with Crippen molar-refractivity contribution in [3.05, 3.63) is 98.9 Å². The Bertz CT molecular complexity index is 1640. The molecule has 0 saturated carbocycles. The number of hydrogen-bond donors (Lipinski definition) is 0. The SMILES string of the molecule is Cc1ccc([O][Zr]2([O]c3ccc(C)cc3C(C)(C)C)[C]3=C(C(C(C)(C)C)=CC3C)[Si](C)(C)C3=[C]2C(C)C=C3C(C)(C)C)c(C(C)(C)C)c1. The van der Waals surface area contributed by atoms with Crippen molar-refractivity contribution >= 4 is 8.07 Å². The molecular formula is C44H64O2SiZr. The predicted octanol–water partition coefficient (Wildman–Crippen LogP) is 12.9. The minimum absolute atomic E-state index is 0.0158. The summed E-state index contributed by atoms with van der Waals surface area (Å²) in [6, 6.07) is 13.7. The van der Waals surface area contributed by atoms with Gasteiger partial charge in [0.05, 0.1) is 0 Å². The van der Waals surface area contributed by atoms with Crippen LogP contribution in [0.2, 0.25) is 13.1 Å². The molecule has 2 aromatic rings. The number of rotatable bonds is 4. The summed E-state index contributed by atoms with van der Waals surface area (Å²) < 4.78 is 19.2. The standard InChI is InChI=1S/C22H34Si.2C11H16O.Zr/c1-15-11-17(21(3,4)5)19(13-15)23(9,10)20-14-16(2)12-18(20)22(6,7)8;2*1-8-5-6-10(12)9(7-8)11(2,3)4;/h11-12,15-16H,1-10H3;2*5-7,12H,1-4H3;/q;;;+2/p-2. The molecule has 1 heterocycles. The van der Waals surface area contributed by atoms with Gasteiger partial charge < -0.3 is 0 Å². The first-order valence-electron chi connectivity index (χ1n) is 18.3. The van der Waals surface area contributed by atoms with Gasteiger partial charge in [0.15, 0.2) is 0 Å². The fourth-order valence-electron chi connectivity index (χ4n) is 8.56. The zero-order valence-corrected chi connectivity index (χ0v) is 37.0. The molecule has 0 saturated heterocycles. The summed E-state index contributed by atoms with van der Waals surface area (Å²) in [5.74, 6) is 2.51. The predicted molar refractivity (Wildman–Crippen MR) is 206 cm³/mol. The van der Waals surface area contributed by atoms with Crippen molar-refractivity contribution in [2.45, 2.75) is 135 Å². The molecule has 2 atom stereocenters. The van der Waals surface area contributed by atoms with Crippen LogP contribution < -0.4 is 5.63 Å². The maximum atomic E-state index is 8.07. The maximum absolute atomic E-state index is 8.07. The monoisotopic (exact) mass is 742 g/mol. The average molecular weight is 744 g/mol. The Labute approximate surface area is 300 Å². The Morgan fingerprint density at radius 1 is 0.542 bits per heavy atom. The van der Waals surface area contributed by atoms with Gasteiger partial charge in [-0.25, -0.2) is 0 Å². The van der Waals surface area contributed by atoms with Gasteiger partial charge in [0.25, 0.3) is 0 Å². The summed E-state index contributed by atoms with van der Waals surface area (Å²) in [6.45, 7) is 42.8. The molecule has 0 N–H and O–H groups in total. The summed E-state index contributed by atoms with van der Waals surface area (Å²) >= 11 is -4.64. The first-order valence-corrected chi connectivity index (χ1v) is 25.7. The third-order valence-electron chi connectivity index (χ3n) is 10.8. The van der Waals surface area contributed by atoms with Crippen molar-refractivity contribution < 1.29 is 26.8 Å². The van der Waals surface area contributed by atoms with Crippen molar-refractivity contribution in [2.75, 3.05) is 0 Å². The zero-order valence-electron chi connectivity index (χ0n) is 33.6. The summed E-state index contributed by atoms with van der Waals surface area (Å²) in [6.07, 6.45) is 5.20. The van der Waals surface area contributed by atoms with Crippen molar-refractivity contribution in [1.29, 1.82) is 0 Å². The van der Waals surface area contributed by atoms with Crippen LogP contribution in [0.1, 0.15) is 119 Å². The molecule has 2 aromatic carbocycles. The van der Waals surface area contributed by atoms with E-state index >= 15 is 0 Å². The normalized spacial score (nSPS) is 22.4. The van der Waals surface area contributed by atoms with E-state index in [1.165, 1.54) is 40.0 Å². The van der Waals surface area contributed by atoms with Crippen LogP contribution >= 0.6 is 0 Å². The van der Waals surface area contributed by atoms with Crippen LogP contribution in [-0.2, 0) is 32.0 Å². The topological polar surface area (TPSA) is 18.5 Å². The molecule has 2 unspecified atom stereocenters. The number of benzene rings is 2. The molecule has 0 spiro atoms. The molecule has 48 heavy (non-hydrogen) atoms. The van der Waals surface area contributed by atoms with Crippen molar-refractivity contribution in [1.82, 2.24) is 0 Å². The third-order valence-corrected chi connectivity index (χ3v) is 25.0. The average Bonchev–Trinajstić information content (AvgIpc) is 3.48. The van der Waals surface area contributed by atoms with Crippen molar-refractivity contribution in [3.8, 4) is 11.5 Å². The van der Waals surface area contributed by atoms with E-state index in [1.807, 2.05) is 0 Å². The van der Waals surface area contributed by atoms with Gasteiger partial charge in [0, 0.05) is 0 Å². The van der Waals surface area contributed by atoms with Crippen molar-refractivity contribution in [2.24, 2.45) is 22.7 Å². The molecule has 0 aromatic heterocycles. The summed E-state index contributed by atoms with van der Waals surface area (Å²) in [5.41, 5.74) is 7.96. The third kappa shape index (κ3) is 6.29. The second-order valence-corrected chi connectivity index (χ2v) is 30.7. The molecule has 260 valence electrons. The molecular weight excluding hydrogens is 680 g/mol. The van der Waals surface area contributed by atoms with Crippen LogP contribution in [0.25, 0.3) is 0 Å². The van der Waals surface area contributed by atoms with Crippen LogP contribution in [-0.4, -0.2) is 8.07 Å². The van der Waals surface area contributed by atoms with E-state index in [9.17, 15) is 0 Å². The molecule has 2 aliphatic carbocycles. The molecule has 5 rings (SSSR count). The fraction of sp³-hybridized carbons (Fsp3) is 0.545. The summed E-state index contributed by atoms with van der Waals surface area (Å²) in [4.78, 5) is 0. The van der Waals surface area contributed by atoms with E-state index in [1.54, 1.807) is 10.4 Å². The van der Waals surface area contributed by atoms with Gasteiger partial charge in [-0.15, -0.1) is 0 Å². The van der Waals surface area contributed by atoms with Gasteiger partial charge >= 0.3 is 303 Å². The quantitative estimate of drug-likeness (QED) is 0.290. The molecule has 0 bridgehead atoms. The first-order chi connectivity index (χ1) is 21.7. The van der Waals surface area contributed by atoms with Crippen molar-refractivity contribution in [3.63, 3.8) is 0 Å². The Morgan fingerprint density at radius 2 is 0.875 bits per heavy atom. The summed E-state index contributed by atoms with van der Waals surface area (Å²) in [7, 11) is -2.21. The molecule has 3 aliphatic rings. The second-order valence-electron chi connectivity index (χ2n) is 19.8. The van der Waals surface area contributed by atoms with E-state index in [-0.39, 0.29) is 33.5 Å². The summed E-state index contributed by atoms with van der Waals surface area (Å²) in [5, 5.41) is 3.24. The Hall–Kier alpha value is -1.90. The van der Waals surface area contributed by atoms with E-state index < -0.39 is 29.2 Å². The van der Waals surface area contributed by atoms with Gasteiger partial charge in [-0.2, -0.15) is 0 Å². The van der Waals surface area contributed by atoms with Crippen LogP contribution in [0.15, 0.2) is 76.7 Å². The minimum atomic E-state index is -4.64. The zero-order chi connectivity index (χ0) is 36.2. The van der Waals surface area contributed by atoms with Crippen LogP contribution in [0.4, 0.5) is 0 Å². The molecule has 0 amide bonds. The molecule has 0 fully saturated rings. The van der Waals surface area contributed by atoms with Gasteiger partial charge in [0.2, 0.25) is 0 Å². The molecule has 1 aliphatic heterocycles. The Balaban J connectivity index is 1.98. The van der Waals surface area contributed by atoms with Gasteiger partial charge in [-0.1, -0.05) is 0 Å². The second kappa shape index (κ2) is 11.8. The number of hydrogen-bond acceptors (Lipinski definition) is 2. The van der Waals surface area contributed by atoms with Gasteiger partial charge in [-0.05, 0) is 0 Å². The van der Waals surface area contributed by atoms with Gasteiger partial charge in [0.1, 0.15) is 0 Å². The Kier molecular flexibility index (Phi) is 9.21. The Morgan fingerprint density at radius 3 is 1.17 bits per heavy atom. The fourth-order valence-corrected chi connectivity index (χ4v) is 29.4. The van der Waals surface area contributed by atoms with Crippen LogP contribution in [0.5, 0.6) is 11.5 Å². The van der Waals surface area contributed by atoms with E-state index in [4.69, 9.17) is 5.63 Å². The molecule has 2 nitrogen and oxygen atoms in total. The number of allylic oxidation sites excluding steroid dienone is 8. The molecule has 4 heteroatoms. The first kappa shape index (κ1) is 37.4. The van der Waals surface area contributed by atoms with Crippen LogP contribution in [0.3, 0.4) is 0 Å². The van der Waals surface area contributed by atoms with Crippen LogP contribution in [0, 0.1) is 36.5 Å². The molecule has 0 radical (unpaired) electrons. The van der Waals surface area contributed by atoms with E-state index in [0.717, 1.165) is 11.5 Å². The van der Waals surface area contributed by atoms with E-state index in [0.29, 0.717) is 0 Å². The van der Waals surface area contributed by atoms with Gasteiger partial charge in [-0.3, -0.25) is 0 Å². The number of aryl methyl sites for hydroxylation is 2.